The molecule has 22 heavy (non-hydrogen) atoms. The van der Waals surface area contributed by atoms with E-state index in [1.165, 1.54) is 0 Å². The molecular formula is C15H14ClNO4S. The molecule has 0 aliphatic heterocycles. The van der Waals surface area contributed by atoms with E-state index in [0.29, 0.717) is 11.3 Å². The first kappa shape index (κ1) is 16.3. The van der Waals surface area contributed by atoms with Crippen LogP contribution >= 0.6 is 10.7 Å². The van der Waals surface area contributed by atoms with Crippen molar-refractivity contribution in [3.63, 3.8) is 0 Å². The van der Waals surface area contributed by atoms with Gasteiger partial charge in [0, 0.05) is 16.4 Å². The van der Waals surface area contributed by atoms with Gasteiger partial charge in [-0.25, -0.2) is 13.2 Å². The van der Waals surface area contributed by atoms with Crippen molar-refractivity contribution in [2.75, 3.05) is 5.32 Å². The van der Waals surface area contributed by atoms with Gasteiger partial charge >= 0.3 is 6.09 Å². The Labute approximate surface area is 133 Å². The number of carbonyl (C=O) groups excluding carboxylic acids is 1. The van der Waals surface area contributed by atoms with E-state index in [4.69, 9.17) is 15.4 Å². The van der Waals surface area contributed by atoms with Gasteiger partial charge < -0.3 is 4.74 Å². The van der Waals surface area contributed by atoms with Crippen LogP contribution in [0.2, 0.25) is 0 Å². The Balaban J connectivity index is 1.86. The third-order valence-corrected chi connectivity index (χ3v) is 3.76. The second kappa shape index (κ2) is 7.29. The monoisotopic (exact) mass is 339 g/mol. The van der Waals surface area contributed by atoms with Crippen LogP contribution in [0.15, 0.2) is 54.6 Å². The summed E-state index contributed by atoms with van der Waals surface area (Å²) < 4.78 is 27.0. The molecular weight excluding hydrogens is 326 g/mol. The van der Waals surface area contributed by atoms with E-state index in [-0.39, 0.29) is 12.4 Å². The van der Waals surface area contributed by atoms with Gasteiger partial charge in [0.2, 0.25) is 9.05 Å². The van der Waals surface area contributed by atoms with Gasteiger partial charge in [-0.2, -0.15) is 0 Å². The maximum absolute atomic E-state index is 11.6. The fraction of sp³-hybridized carbons (Fsp3) is 0.133. The number of anilines is 1. The summed E-state index contributed by atoms with van der Waals surface area (Å²) in [7, 11) is 1.58. The van der Waals surface area contributed by atoms with Crippen molar-refractivity contribution in [3.05, 3.63) is 65.7 Å². The molecule has 0 bridgehead atoms. The summed E-state index contributed by atoms with van der Waals surface area (Å²) in [4.78, 5) is 11.6. The lowest BCUT2D eigenvalue weighted by Crippen LogP contribution is -2.13. The quantitative estimate of drug-likeness (QED) is 0.846. The smallest absolute Gasteiger partial charge is 0.411 e. The molecule has 0 saturated carbocycles. The molecule has 0 fully saturated rings. The molecule has 0 unspecified atom stereocenters. The van der Waals surface area contributed by atoms with Crippen molar-refractivity contribution >= 4 is 31.5 Å². The molecule has 0 saturated heterocycles. The largest absolute Gasteiger partial charge is 0.444 e. The average Bonchev–Trinajstić information content (AvgIpc) is 2.47. The molecule has 0 radical (unpaired) electrons. The van der Waals surface area contributed by atoms with Crippen LogP contribution in [0.3, 0.4) is 0 Å². The number of ether oxygens (including phenoxy) is 1. The molecule has 2 aromatic rings. The summed E-state index contributed by atoms with van der Waals surface area (Å²) in [5.41, 5.74) is 1.94. The van der Waals surface area contributed by atoms with Gasteiger partial charge in [0.1, 0.15) is 6.61 Å². The number of halogens is 1. The summed E-state index contributed by atoms with van der Waals surface area (Å²) >= 11 is 0. The first-order valence-corrected chi connectivity index (χ1v) is 8.89. The minimum absolute atomic E-state index is 0.176. The molecule has 2 rings (SSSR count). The molecule has 1 amide bonds. The van der Waals surface area contributed by atoms with Gasteiger partial charge in [-0.05, 0) is 23.3 Å². The van der Waals surface area contributed by atoms with Crippen LogP contribution in [0.4, 0.5) is 10.5 Å². The summed E-state index contributed by atoms with van der Waals surface area (Å²) in [5, 5.41) is 2.56. The Morgan fingerprint density at radius 3 is 2.23 bits per heavy atom. The lowest BCUT2D eigenvalue weighted by Gasteiger charge is -2.07. The minimum atomic E-state index is -3.59. The SMILES string of the molecule is O=C(Nc1ccc(CS(=O)(=O)Cl)cc1)OCc1ccccc1. The van der Waals surface area contributed by atoms with E-state index < -0.39 is 15.1 Å². The summed E-state index contributed by atoms with van der Waals surface area (Å²) in [5.74, 6) is -0.257. The maximum atomic E-state index is 11.6. The van der Waals surface area contributed by atoms with Gasteiger partial charge in [-0.15, -0.1) is 0 Å². The second-order valence-corrected chi connectivity index (χ2v) is 7.34. The second-order valence-electron chi connectivity index (χ2n) is 4.57. The van der Waals surface area contributed by atoms with Crippen molar-refractivity contribution in [1.29, 1.82) is 0 Å². The Hall–Kier alpha value is -2.05. The number of amides is 1. The standard InChI is InChI=1S/C15H14ClNO4S/c16-22(19,20)11-13-6-8-14(9-7-13)17-15(18)21-10-12-4-2-1-3-5-12/h1-9H,10-11H2,(H,17,18). The number of rotatable bonds is 5. The average molecular weight is 340 g/mol. The first-order valence-electron chi connectivity index (χ1n) is 6.41. The third-order valence-electron chi connectivity index (χ3n) is 2.75. The number of carbonyl (C=O) groups is 1. The van der Waals surface area contributed by atoms with Gasteiger partial charge in [-0.1, -0.05) is 42.5 Å². The zero-order chi connectivity index (χ0) is 16.0. The first-order chi connectivity index (χ1) is 10.4. The molecule has 7 heteroatoms. The van der Waals surface area contributed by atoms with Gasteiger partial charge in [0.05, 0.1) is 5.75 Å². The Morgan fingerprint density at radius 1 is 1.00 bits per heavy atom. The molecule has 0 aromatic heterocycles. The molecule has 0 spiro atoms. The zero-order valence-electron chi connectivity index (χ0n) is 11.5. The van der Waals surface area contributed by atoms with E-state index in [1.807, 2.05) is 30.3 Å². The molecule has 0 atom stereocenters. The number of nitrogens with one attached hydrogen (secondary N) is 1. The van der Waals surface area contributed by atoms with Crippen LogP contribution in [0, 0.1) is 0 Å². The van der Waals surface area contributed by atoms with E-state index in [0.717, 1.165) is 5.56 Å². The van der Waals surface area contributed by atoms with Crippen LogP contribution in [-0.4, -0.2) is 14.5 Å². The third kappa shape index (κ3) is 5.75. The fourth-order valence-electron chi connectivity index (χ4n) is 1.76. The van der Waals surface area contributed by atoms with Crippen LogP contribution in [0.5, 0.6) is 0 Å². The summed E-state index contributed by atoms with van der Waals surface area (Å²) in [6, 6.07) is 15.6. The Morgan fingerprint density at radius 2 is 1.64 bits per heavy atom. The highest BCUT2D eigenvalue weighted by atomic mass is 35.7. The molecule has 2 aromatic carbocycles. The van der Waals surface area contributed by atoms with Crippen molar-refractivity contribution < 1.29 is 17.9 Å². The number of hydrogen-bond acceptors (Lipinski definition) is 4. The zero-order valence-corrected chi connectivity index (χ0v) is 13.1. The van der Waals surface area contributed by atoms with E-state index in [9.17, 15) is 13.2 Å². The van der Waals surface area contributed by atoms with E-state index >= 15 is 0 Å². The number of benzene rings is 2. The summed E-state index contributed by atoms with van der Waals surface area (Å²) in [6.07, 6.45) is -0.582. The van der Waals surface area contributed by atoms with Crippen LogP contribution in [0.1, 0.15) is 11.1 Å². The molecule has 5 nitrogen and oxygen atoms in total. The highest BCUT2D eigenvalue weighted by molar-refractivity contribution is 8.13. The molecule has 1 N–H and O–H groups in total. The van der Waals surface area contributed by atoms with Gasteiger partial charge in [-0.3, -0.25) is 5.32 Å². The van der Waals surface area contributed by atoms with E-state index in [2.05, 4.69) is 5.32 Å². The Bertz CT molecular complexity index is 730. The van der Waals surface area contributed by atoms with Crippen molar-refractivity contribution in [2.24, 2.45) is 0 Å². The number of hydrogen-bond donors (Lipinski definition) is 1. The lowest BCUT2D eigenvalue weighted by molar-refractivity contribution is 0.155. The van der Waals surface area contributed by atoms with Crippen LogP contribution in [-0.2, 0) is 26.1 Å². The van der Waals surface area contributed by atoms with Crippen LogP contribution < -0.4 is 5.32 Å². The fourth-order valence-corrected chi connectivity index (χ4v) is 2.73. The highest BCUT2D eigenvalue weighted by Gasteiger charge is 2.08. The predicted molar refractivity (Wildman–Crippen MR) is 85.2 cm³/mol. The van der Waals surface area contributed by atoms with Gasteiger partial charge in [0.25, 0.3) is 0 Å². The van der Waals surface area contributed by atoms with Gasteiger partial charge in [0.15, 0.2) is 0 Å². The Kier molecular flexibility index (Phi) is 5.41. The van der Waals surface area contributed by atoms with Crippen LogP contribution in [0.25, 0.3) is 0 Å². The molecule has 116 valence electrons. The predicted octanol–water partition coefficient (Wildman–Crippen LogP) is 3.50. The normalized spacial score (nSPS) is 11.0. The van der Waals surface area contributed by atoms with Crippen molar-refractivity contribution in [2.45, 2.75) is 12.4 Å². The molecule has 0 aliphatic carbocycles. The summed E-state index contributed by atoms with van der Waals surface area (Å²) in [6.45, 7) is 0.176. The maximum Gasteiger partial charge on any atom is 0.411 e. The minimum Gasteiger partial charge on any atom is -0.444 e. The van der Waals surface area contributed by atoms with E-state index in [1.54, 1.807) is 24.3 Å². The molecule has 0 aliphatic rings. The molecule has 0 heterocycles. The lowest BCUT2D eigenvalue weighted by atomic mass is 10.2. The van der Waals surface area contributed by atoms with Crippen molar-refractivity contribution in [3.8, 4) is 0 Å². The topological polar surface area (TPSA) is 72.5 Å². The van der Waals surface area contributed by atoms with Crippen molar-refractivity contribution in [1.82, 2.24) is 0 Å². The highest BCUT2D eigenvalue weighted by Crippen LogP contribution is 2.14.